The van der Waals surface area contributed by atoms with Crippen molar-refractivity contribution in [2.24, 2.45) is 5.92 Å². The van der Waals surface area contributed by atoms with Gasteiger partial charge in [-0.1, -0.05) is 12.1 Å². The van der Waals surface area contributed by atoms with E-state index < -0.39 is 0 Å². The molecule has 2 aliphatic heterocycles. The third-order valence-electron chi connectivity index (χ3n) is 5.51. The Labute approximate surface area is 145 Å². The fourth-order valence-electron chi connectivity index (χ4n) is 4.33. The lowest BCUT2D eigenvalue weighted by Crippen LogP contribution is -2.45. The summed E-state index contributed by atoms with van der Waals surface area (Å²) in [6, 6.07) is 8.29. The van der Waals surface area contributed by atoms with E-state index in [1.165, 1.54) is 6.42 Å². The minimum Gasteiger partial charge on any atom is -0.450 e. The Kier molecular flexibility index (Phi) is 3.36. The van der Waals surface area contributed by atoms with Crippen LogP contribution in [0.2, 0.25) is 0 Å². The standard InChI is InChI=1S/C19H20N4O2/c24-16-9-12(10-20-16)14-6-3-4-8-23(14)19-18-17(21-11-22-19)13-5-1-2-7-15(13)25-18/h1-2,5,7,11-12,14H,3-4,6,8-10H2,(H,20,24)/t12-,14-/m0/s1. The highest BCUT2D eigenvalue weighted by molar-refractivity contribution is 6.05. The van der Waals surface area contributed by atoms with Crippen molar-refractivity contribution in [1.29, 1.82) is 0 Å². The van der Waals surface area contributed by atoms with Gasteiger partial charge >= 0.3 is 0 Å². The van der Waals surface area contributed by atoms with Gasteiger partial charge in [0, 0.05) is 36.9 Å². The van der Waals surface area contributed by atoms with Gasteiger partial charge in [0.05, 0.1) is 0 Å². The monoisotopic (exact) mass is 336 g/mol. The molecule has 0 aliphatic carbocycles. The van der Waals surface area contributed by atoms with Crippen LogP contribution in [-0.4, -0.2) is 35.0 Å². The maximum absolute atomic E-state index is 11.7. The summed E-state index contributed by atoms with van der Waals surface area (Å²) < 4.78 is 6.12. The minimum absolute atomic E-state index is 0.159. The molecule has 2 atom stereocenters. The normalized spacial score (nSPS) is 24.2. The Morgan fingerprint density at radius 2 is 2.12 bits per heavy atom. The number of nitrogens with one attached hydrogen (secondary N) is 1. The van der Waals surface area contributed by atoms with Gasteiger partial charge in [-0.15, -0.1) is 0 Å². The molecule has 25 heavy (non-hydrogen) atoms. The third kappa shape index (κ3) is 2.35. The van der Waals surface area contributed by atoms with E-state index in [0.29, 0.717) is 18.4 Å². The van der Waals surface area contributed by atoms with Crippen molar-refractivity contribution in [1.82, 2.24) is 15.3 Å². The second-order valence-corrected chi connectivity index (χ2v) is 7.00. The Bertz CT molecular complexity index is 951. The highest BCUT2D eigenvalue weighted by Gasteiger charge is 2.36. The molecule has 2 aliphatic rings. The maximum Gasteiger partial charge on any atom is 0.220 e. The number of rotatable bonds is 2. The van der Waals surface area contributed by atoms with Crippen LogP contribution in [-0.2, 0) is 4.79 Å². The number of aromatic nitrogens is 2. The second kappa shape index (κ2) is 5.72. The van der Waals surface area contributed by atoms with Crippen LogP contribution in [0.25, 0.3) is 22.1 Å². The summed E-state index contributed by atoms with van der Waals surface area (Å²) in [7, 11) is 0. The lowest BCUT2D eigenvalue weighted by atomic mass is 9.89. The van der Waals surface area contributed by atoms with Crippen LogP contribution in [0.1, 0.15) is 25.7 Å². The average molecular weight is 336 g/mol. The molecule has 4 heterocycles. The van der Waals surface area contributed by atoms with Crippen molar-refractivity contribution in [3.63, 3.8) is 0 Å². The predicted molar refractivity (Wildman–Crippen MR) is 95.4 cm³/mol. The van der Waals surface area contributed by atoms with Crippen LogP contribution in [0.3, 0.4) is 0 Å². The molecule has 1 amide bonds. The van der Waals surface area contributed by atoms with Gasteiger partial charge in [0.2, 0.25) is 5.91 Å². The second-order valence-electron chi connectivity index (χ2n) is 7.00. The van der Waals surface area contributed by atoms with Crippen molar-refractivity contribution in [3.8, 4) is 0 Å². The first-order chi connectivity index (χ1) is 12.3. The number of carbonyl (C=O) groups excluding carboxylic acids is 1. The van der Waals surface area contributed by atoms with Crippen LogP contribution in [0.5, 0.6) is 0 Å². The molecule has 128 valence electrons. The number of hydrogen-bond acceptors (Lipinski definition) is 5. The summed E-state index contributed by atoms with van der Waals surface area (Å²) in [4.78, 5) is 23.1. The van der Waals surface area contributed by atoms with E-state index in [0.717, 1.165) is 53.8 Å². The summed E-state index contributed by atoms with van der Waals surface area (Å²) in [5.74, 6) is 1.36. The number of piperidine rings is 1. The molecule has 5 rings (SSSR count). The Hall–Kier alpha value is -2.63. The smallest absolute Gasteiger partial charge is 0.220 e. The van der Waals surface area contributed by atoms with Crippen LogP contribution in [0, 0.1) is 5.92 Å². The van der Waals surface area contributed by atoms with Gasteiger partial charge in [-0.2, -0.15) is 0 Å². The summed E-state index contributed by atoms with van der Waals surface area (Å²) in [6.07, 6.45) is 5.65. The first-order valence-corrected chi connectivity index (χ1v) is 8.97. The third-order valence-corrected chi connectivity index (χ3v) is 5.51. The van der Waals surface area contributed by atoms with Crippen LogP contribution in [0.15, 0.2) is 35.0 Å². The Balaban J connectivity index is 1.62. The molecule has 0 spiro atoms. The molecule has 0 unspecified atom stereocenters. The quantitative estimate of drug-likeness (QED) is 0.779. The lowest BCUT2D eigenvalue weighted by Gasteiger charge is -2.39. The summed E-state index contributed by atoms with van der Waals surface area (Å²) in [6.45, 7) is 1.70. The SMILES string of the molecule is O=C1C[C@H]([C@@H]2CCCCN2c2ncnc3c2oc2ccccc23)CN1. The van der Waals surface area contributed by atoms with Gasteiger partial charge in [-0.3, -0.25) is 4.79 Å². The fraction of sp³-hybridized carbons (Fsp3) is 0.421. The van der Waals surface area contributed by atoms with Gasteiger partial charge < -0.3 is 14.6 Å². The summed E-state index contributed by atoms with van der Waals surface area (Å²) in [5.41, 5.74) is 2.46. The molecular formula is C19H20N4O2. The average Bonchev–Trinajstić information content (AvgIpc) is 3.25. The number of para-hydroxylation sites is 1. The van der Waals surface area contributed by atoms with Crippen molar-refractivity contribution < 1.29 is 9.21 Å². The zero-order chi connectivity index (χ0) is 16.8. The number of fused-ring (bicyclic) bond motifs is 3. The number of anilines is 1. The van der Waals surface area contributed by atoms with Gasteiger partial charge in [0.1, 0.15) is 17.4 Å². The molecule has 6 nitrogen and oxygen atoms in total. The number of furan rings is 1. The van der Waals surface area contributed by atoms with Crippen molar-refractivity contribution in [2.45, 2.75) is 31.7 Å². The zero-order valence-corrected chi connectivity index (χ0v) is 13.9. The summed E-state index contributed by atoms with van der Waals surface area (Å²) >= 11 is 0. The van der Waals surface area contributed by atoms with E-state index in [1.54, 1.807) is 6.33 Å². The van der Waals surface area contributed by atoms with E-state index >= 15 is 0 Å². The zero-order valence-electron chi connectivity index (χ0n) is 13.9. The van der Waals surface area contributed by atoms with E-state index in [2.05, 4.69) is 20.2 Å². The Morgan fingerprint density at radius 1 is 1.20 bits per heavy atom. The van der Waals surface area contributed by atoms with E-state index in [4.69, 9.17) is 4.42 Å². The molecule has 2 aromatic heterocycles. The van der Waals surface area contributed by atoms with E-state index in [1.807, 2.05) is 24.3 Å². The highest BCUT2D eigenvalue weighted by atomic mass is 16.3. The first-order valence-electron chi connectivity index (χ1n) is 8.97. The molecule has 6 heteroatoms. The van der Waals surface area contributed by atoms with Gasteiger partial charge in [-0.25, -0.2) is 9.97 Å². The van der Waals surface area contributed by atoms with Crippen LogP contribution >= 0.6 is 0 Å². The van der Waals surface area contributed by atoms with E-state index in [9.17, 15) is 4.79 Å². The number of benzene rings is 1. The highest BCUT2D eigenvalue weighted by Crippen LogP contribution is 2.37. The van der Waals surface area contributed by atoms with E-state index in [-0.39, 0.29) is 5.91 Å². The first kappa shape index (κ1) is 14.7. The summed E-state index contributed by atoms with van der Waals surface area (Å²) in [5, 5.41) is 4.00. The fourth-order valence-corrected chi connectivity index (χ4v) is 4.33. The number of hydrogen-bond donors (Lipinski definition) is 1. The molecule has 1 aromatic carbocycles. The van der Waals surface area contributed by atoms with Gasteiger partial charge in [-0.05, 0) is 31.4 Å². The van der Waals surface area contributed by atoms with Crippen LogP contribution < -0.4 is 10.2 Å². The molecule has 2 saturated heterocycles. The molecule has 0 saturated carbocycles. The number of amides is 1. The van der Waals surface area contributed by atoms with Crippen molar-refractivity contribution in [3.05, 3.63) is 30.6 Å². The van der Waals surface area contributed by atoms with Crippen molar-refractivity contribution in [2.75, 3.05) is 18.0 Å². The topological polar surface area (TPSA) is 71.3 Å². The van der Waals surface area contributed by atoms with Crippen molar-refractivity contribution >= 4 is 33.8 Å². The predicted octanol–water partition coefficient (Wildman–Crippen LogP) is 2.87. The minimum atomic E-state index is 0.159. The largest absolute Gasteiger partial charge is 0.450 e. The molecule has 0 radical (unpaired) electrons. The lowest BCUT2D eigenvalue weighted by molar-refractivity contribution is -0.119. The number of nitrogens with zero attached hydrogens (tertiary/aromatic N) is 3. The van der Waals surface area contributed by atoms with Gasteiger partial charge in [0.15, 0.2) is 11.4 Å². The molecule has 3 aromatic rings. The molecule has 0 bridgehead atoms. The maximum atomic E-state index is 11.7. The number of carbonyl (C=O) groups is 1. The van der Waals surface area contributed by atoms with Gasteiger partial charge in [0.25, 0.3) is 0 Å². The van der Waals surface area contributed by atoms with Crippen LogP contribution in [0.4, 0.5) is 5.82 Å². The Morgan fingerprint density at radius 3 is 3.00 bits per heavy atom. The molecule has 2 fully saturated rings. The molecular weight excluding hydrogens is 316 g/mol. The molecule has 1 N–H and O–H groups in total.